The summed E-state index contributed by atoms with van der Waals surface area (Å²) in [4.78, 5) is 0. The number of rotatable bonds is 4. The molecule has 0 radical (unpaired) electrons. The normalized spacial score (nSPS) is 13.5. The standard InChI is InChI=1S/C10H24OSi/c1-7-11-8-9-12(5,6)10(2,3)4/h7-9H2,1-6H3. The molecule has 12 heavy (non-hydrogen) atoms. The minimum Gasteiger partial charge on any atom is -0.382 e. The highest BCUT2D eigenvalue weighted by atomic mass is 28.3. The van der Waals surface area contributed by atoms with Crippen LogP contribution in [0.3, 0.4) is 0 Å². The Morgan fingerprint density at radius 2 is 1.67 bits per heavy atom. The van der Waals surface area contributed by atoms with E-state index in [2.05, 4.69) is 40.8 Å². The van der Waals surface area contributed by atoms with E-state index in [0.717, 1.165) is 13.2 Å². The molecule has 0 aliphatic rings. The van der Waals surface area contributed by atoms with Gasteiger partial charge in [-0.15, -0.1) is 0 Å². The van der Waals surface area contributed by atoms with Gasteiger partial charge < -0.3 is 4.74 Å². The smallest absolute Gasteiger partial charge is 0.0550 e. The van der Waals surface area contributed by atoms with Crippen molar-refractivity contribution in [1.82, 2.24) is 0 Å². The van der Waals surface area contributed by atoms with E-state index < -0.39 is 8.07 Å². The van der Waals surface area contributed by atoms with Crippen LogP contribution in [0, 0.1) is 0 Å². The van der Waals surface area contributed by atoms with E-state index in [1.807, 2.05) is 0 Å². The predicted octanol–water partition coefficient (Wildman–Crippen LogP) is 3.53. The van der Waals surface area contributed by atoms with Crippen LogP contribution in [0.15, 0.2) is 0 Å². The van der Waals surface area contributed by atoms with E-state index in [9.17, 15) is 0 Å². The van der Waals surface area contributed by atoms with Gasteiger partial charge in [0.05, 0.1) is 8.07 Å². The fraction of sp³-hybridized carbons (Fsp3) is 1.00. The Labute approximate surface area is 78.5 Å². The topological polar surface area (TPSA) is 9.23 Å². The van der Waals surface area contributed by atoms with Crippen molar-refractivity contribution < 1.29 is 4.74 Å². The Kier molecular flexibility index (Phi) is 4.49. The van der Waals surface area contributed by atoms with Crippen molar-refractivity contribution in [3.63, 3.8) is 0 Å². The van der Waals surface area contributed by atoms with Crippen molar-refractivity contribution in [3.05, 3.63) is 0 Å². The molecule has 0 amide bonds. The largest absolute Gasteiger partial charge is 0.382 e. The number of hydrogen-bond acceptors (Lipinski definition) is 1. The van der Waals surface area contributed by atoms with Gasteiger partial charge in [0.25, 0.3) is 0 Å². The second-order valence-electron chi connectivity index (χ2n) is 5.08. The molecule has 0 aliphatic heterocycles. The lowest BCUT2D eigenvalue weighted by atomic mass is 10.2. The molecule has 0 aromatic heterocycles. The van der Waals surface area contributed by atoms with E-state index >= 15 is 0 Å². The van der Waals surface area contributed by atoms with Crippen LogP contribution in [0.2, 0.25) is 24.2 Å². The molecule has 0 fully saturated rings. The molecule has 0 unspecified atom stereocenters. The van der Waals surface area contributed by atoms with Gasteiger partial charge in [-0.05, 0) is 18.0 Å². The summed E-state index contributed by atoms with van der Waals surface area (Å²) >= 11 is 0. The van der Waals surface area contributed by atoms with E-state index in [-0.39, 0.29) is 0 Å². The molecular formula is C10H24OSi. The second-order valence-corrected chi connectivity index (χ2v) is 10.8. The zero-order valence-electron chi connectivity index (χ0n) is 9.53. The van der Waals surface area contributed by atoms with E-state index in [1.54, 1.807) is 0 Å². The van der Waals surface area contributed by atoms with Crippen LogP contribution in [-0.4, -0.2) is 21.3 Å². The second kappa shape index (κ2) is 4.42. The SMILES string of the molecule is CCOCC[Si](C)(C)C(C)(C)C. The first-order chi connectivity index (χ1) is 5.31. The van der Waals surface area contributed by atoms with Gasteiger partial charge in [-0.25, -0.2) is 0 Å². The van der Waals surface area contributed by atoms with Crippen molar-refractivity contribution in [2.75, 3.05) is 13.2 Å². The number of hydrogen-bond donors (Lipinski definition) is 0. The number of ether oxygens (including phenoxy) is 1. The van der Waals surface area contributed by atoms with Crippen molar-refractivity contribution in [2.45, 2.75) is 51.9 Å². The zero-order chi connectivity index (χ0) is 9.83. The maximum atomic E-state index is 5.40. The first-order valence-corrected chi connectivity index (χ1v) is 8.10. The molecule has 0 atom stereocenters. The molecule has 74 valence electrons. The first kappa shape index (κ1) is 12.2. The van der Waals surface area contributed by atoms with Gasteiger partial charge in [-0.1, -0.05) is 33.9 Å². The van der Waals surface area contributed by atoms with Crippen LogP contribution in [-0.2, 0) is 4.74 Å². The van der Waals surface area contributed by atoms with Crippen molar-refractivity contribution in [3.8, 4) is 0 Å². The average molecular weight is 188 g/mol. The highest BCUT2D eigenvalue weighted by Gasteiger charge is 2.34. The highest BCUT2D eigenvalue weighted by Crippen LogP contribution is 2.38. The fourth-order valence-corrected chi connectivity index (χ4v) is 2.25. The van der Waals surface area contributed by atoms with Crippen LogP contribution in [0.4, 0.5) is 0 Å². The van der Waals surface area contributed by atoms with E-state index in [1.165, 1.54) is 6.04 Å². The third-order valence-corrected chi connectivity index (χ3v) is 8.62. The lowest BCUT2D eigenvalue weighted by Gasteiger charge is -2.36. The first-order valence-electron chi connectivity index (χ1n) is 4.89. The Morgan fingerprint density at radius 1 is 1.17 bits per heavy atom. The van der Waals surface area contributed by atoms with Crippen molar-refractivity contribution >= 4 is 8.07 Å². The van der Waals surface area contributed by atoms with Crippen LogP contribution < -0.4 is 0 Å². The predicted molar refractivity (Wildman–Crippen MR) is 58.5 cm³/mol. The van der Waals surface area contributed by atoms with Crippen molar-refractivity contribution in [1.29, 1.82) is 0 Å². The molecule has 2 heteroatoms. The van der Waals surface area contributed by atoms with Gasteiger partial charge in [-0.2, -0.15) is 0 Å². The molecule has 0 saturated heterocycles. The summed E-state index contributed by atoms with van der Waals surface area (Å²) in [6.07, 6.45) is 0. The van der Waals surface area contributed by atoms with Gasteiger partial charge in [0.15, 0.2) is 0 Å². The Balaban J connectivity index is 3.88. The Morgan fingerprint density at radius 3 is 2.00 bits per heavy atom. The third kappa shape index (κ3) is 3.72. The van der Waals surface area contributed by atoms with Gasteiger partial charge in [0, 0.05) is 13.2 Å². The highest BCUT2D eigenvalue weighted by molar-refractivity contribution is 6.80. The van der Waals surface area contributed by atoms with Gasteiger partial charge in [0.1, 0.15) is 0 Å². The molecule has 0 rings (SSSR count). The molecule has 1 nitrogen and oxygen atoms in total. The molecule has 0 bridgehead atoms. The van der Waals surface area contributed by atoms with Gasteiger partial charge in [0.2, 0.25) is 0 Å². The molecule has 0 N–H and O–H groups in total. The fourth-order valence-electron chi connectivity index (χ4n) is 0.847. The van der Waals surface area contributed by atoms with Gasteiger partial charge >= 0.3 is 0 Å². The molecule has 0 aromatic carbocycles. The molecule has 0 saturated carbocycles. The third-order valence-electron chi connectivity index (χ3n) is 3.11. The Bertz CT molecular complexity index is 124. The summed E-state index contributed by atoms with van der Waals surface area (Å²) in [5.41, 5.74) is 0. The Hall–Kier alpha value is 0.177. The van der Waals surface area contributed by atoms with Crippen LogP contribution in [0.25, 0.3) is 0 Å². The average Bonchev–Trinajstić information content (AvgIpc) is 1.85. The summed E-state index contributed by atoms with van der Waals surface area (Å²) in [7, 11) is -1.07. The molecule has 0 aliphatic carbocycles. The molecular weight excluding hydrogens is 164 g/mol. The summed E-state index contributed by atoms with van der Waals surface area (Å²) < 4.78 is 5.40. The van der Waals surface area contributed by atoms with E-state index in [0.29, 0.717) is 5.04 Å². The van der Waals surface area contributed by atoms with Crippen LogP contribution in [0.5, 0.6) is 0 Å². The lowest BCUT2D eigenvalue weighted by Crippen LogP contribution is -2.37. The molecule has 0 heterocycles. The molecule has 0 aromatic rings. The van der Waals surface area contributed by atoms with Gasteiger partial charge in [-0.3, -0.25) is 0 Å². The zero-order valence-corrected chi connectivity index (χ0v) is 10.5. The maximum Gasteiger partial charge on any atom is 0.0550 e. The monoisotopic (exact) mass is 188 g/mol. The summed E-state index contributed by atoms with van der Waals surface area (Å²) in [6, 6.07) is 1.28. The quantitative estimate of drug-likeness (QED) is 0.484. The maximum absolute atomic E-state index is 5.40. The lowest BCUT2D eigenvalue weighted by molar-refractivity contribution is 0.160. The summed E-state index contributed by atoms with van der Waals surface area (Å²) in [5, 5.41) is 0.504. The van der Waals surface area contributed by atoms with E-state index in [4.69, 9.17) is 4.74 Å². The van der Waals surface area contributed by atoms with Crippen molar-refractivity contribution in [2.24, 2.45) is 0 Å². The molecule has 0 spiro atoms. The summed E-state index contributed by atoms with van der Waals surface area (Å²) in [5.74, 6) is 0. The minimum atomic E-state index is -1.07. The minimum absolute atomic E-state index is 0.504. The summed E-state index contributed by atoms with van der Waals surface area (Å²) in [6.45, 7) is 15.8. The van der Waals surface area contributed by atoms with Crippen LogP contribution in [0.1, 0.15) is 27.7 Å². The van der Waals surface area contributed by atoms with Crippen LogP contribution >= 0.6 is 0 Å².